The van der Waals surface area contributed by atoms with Crippen molar-refractivity contribution in [3.05, 3.63) is 82.5 Å². The summed E-state index contributed by atoms with van der Waals surface area (Å²) in [6, 6.07) is 9.49. The van der Waals surface area contributed by atoms with Crippen molar-refractivity contribution in [3.63, 3.8) is 0 Å². The second-order valence-corrected chi connectivity index (χ2v) is 6.01. The van der Waals surface area contributed by atoms with Crippen LogP contribution in [0, 0.1) is 5.82 Å². The van der Waals surface area contributed by atoms with Crippen LogP contribution in [0.4, 0.5) is 17.6 Å². The summed E-state index contributed by atoms with van der Waals surface area (Å²) in [5.74, 6) is -0.946. The number of carbonyl (C=O) groups is 1. The summed E-state index contributed by atoms with van der Waals surface area (Å²) in [7, 11) is 0. The van der Waals surface area contributed by atoms with E-state index in [1.165, 1.54) is 41.1 Å². The summed E-state index contributed by atoms with van der Waals surface area (Å²) in [5.41, 5.74) is -0.298. The molecule has 0 atom stereocenters. The molecule has 0 aliphatic carbocycles. The number of aromatic nitrogens is 2. The van der Waals surface area contributed by atoms with E-state index >= 15 is 0 Å². The maximum atomic E-state index is 13.2. The minimum atomic E-state index is -4.57. The van der Waals surface area contributed by atoms with Gasteiger partial charge < -0.3 is 5.32 Å². The van der Waals surface area contributed by atoms with E-state index in [1.54, 1.807) is 6.07 Å². The van der Waals surface area contributed by atoms with Crippen LogP contribution in [0.3, 0.4) is 0 Å². The molecule has 0 saturated heterocycles. The summed E-state index contributed by atoms with van der Waals surface area (Å²) in [5, 5.41) is 2.37. The molecule has 3 aromatic rings. The van der Waals surface area contributed by atoms with E-state index in [0.29, 0.717) is 11.8 Å². The van der Waals surface area contributed by atoms with Gasteiger partial charge in [-0.25, -0.2) is 9.37 Å². The number of nitrogens with zero attached hydrogens (tertiary/aromatic N) is 2. The van der Waals surface area contributed by atoms with Crippen molar-refractivity contribution in [2.45, 2.75) is 12.7 Å². The summed E-state index contributed by atoms with van der Waals surface area (Å²) in [6.45, 7) is 0.0793. The molecule has 140 valence electrons. The normalized spacial score (nSPS) is 11.4. The van der Waals surface area contributed by atoms with Gasteiger partial charge in [-0.05, 0) is 35.9 Å². The lowest BCUT2D eigenvalue weighted by Crippen LogP contribution is -2.25. The molecule has 1 amide bonds. The maximum absolute atomic E-state index is 13.2. The van der Waals surface area contributed by atoms with Crippen LogP contribution in [0.5, 0.6) is 0 Å². The molecule has 0 radical (unpaired) electrons. The van der Waals surface area contributed by atoms with Gasteiger partial charge >= 0.3 is 6.18 Å². The van der Waals surface area contributed by atoms with Crippen molar-refractivity contribution in [3.8, 4) is 5.82 Å². The van der Waals surface area contributed by atoms with E-state index < -0.39 is 23.5 Å². The molecule has 27 heavy (non-hydrogen) atoms. The van der Waals surface area contributed by atoms with Crippen molar-refractivity contribution in [1.29, 1.82) is 0 Å². The molecule has 0 unspecified atom stereocenters. The topological polar surface area (TPSA) is 46.9 Å². The van der Waals surface area contributed by atoms with Gasteiger partial charge in [-0.2, -0.15) is 13.2 Å². The van der Waals surface area contributed by atoms with Gasteiger partial charge in [-0.3, -0.25) is 9.36 Å². The largest absolute Gasteiger partial charge is 0.417 e. The molecule has 9 heteroatoms. The van der Waals surface area contributed by atoms with Crippen LogP contribution in [-0.2, 0) is 12.7 Å². The second kappa shape index (κ2) is 7.40. The van der Waals surface area contributed by atoms with Crippen LogP contribution in [0.15, 0.2) is 54.9 Å². The second-order valence-electron chi connectivity index (χ2n) is 5.60. The van der Waals surface area contributed by atoms with E-state index in [4.69, 9.17) is 11.6 Å². The molecule has 1 aromatic carbocycles. The van der Waals surface area contributed by atoms with Crippen molar-refractivity contribution in [2.75, 3.05) is 0 Å². The predicted molar refractivity (Wildman–Crippen MR) is 91.1 cm³/mol. The van der Waals surface area contributed by atoms with Crippen molar-refractivity contribution >= 4 is 17.5 Å². The van der Waals surface area contributed by atoms with Gasteiger partial charge in [0.1, 0.15) is 11.5 Å². The van der Waals surface area contributed by atoms with Gasteiger partial charge in [-0.15, -0.1) is 0 Å². The average Bonchev–Trinajstić information content (AvgIpc) is 3.08. The quantitative estimate of drug-likeness (QED) is 0.653. The number of carbonyl (C=O) groups excluding carboxylic acids is 1. The van der Waals surface area contributed by atoms with Crippen LogP contribution >= 0.6 is 11.6 Å². The summed E-state index contributed by atoms with van der Waals surface area (Å²) in [6.07, 6.45) is -2.47. The summed E-state index contributed by atoms with van der Waals surface area (Å²) in [4.78, 5) is 16.2. The fourth-order valence-corrected chi connectivity index (χ4v) is 2.69. The molecular formula is C18H12ClF4N3O. The van der Waals surface area contributed by atoms with E-state index in [2.05, 4.69) is 10.3 Å². The van der Waals surface area contributed by atoms with Crippen LogP contribution < -0.4 is 5.32 Å². The molecule has 0 saturated carbocycles. The lowest BCUT2D eigenvalue weighted by molar-refractivity contribution is -0.137. The van der Waals surface area contributed by atoms with Crippen molar-refractivity contribution in [2.24, 2.45) is 0 Å². The predicted octanol–water partition coefficient (Wildman–Crippen LogP) is 4.61. The number of rotatable bonds is 4. The molecule has 1 N–H and O–H groups in total. The Kier molecular flexibility index (Phi) is 5.18. The number of pyridine rings is 1. The Labute approximate surface area is 156 Å². The van der Waals surface area contributed by atoms with E-state index in [9.17, 15) is 22.4 Å². The van der Waals surface area contributed by atoms with Gasteiger partial charge in [0.15, 0.2) is 5.82 Å². The molecule has 0 fully saturated rings. The molecule has 4 nitrogen and oxygen atoms in total. The van der Waals surface area contributed by atoms with Gasteiger partial charge in [0.25, 0.3) is 5.91 Å². The Morgan fingerprint density at radius 1 is 1.19 bits per heavy atom. The minimum absolute atomic E-state index is 0.00873. The molecule has 3 rings (SSSR count). The highest BCUT2D eigenvalue weighted by molar-refractivity contribution is 6.32. The van der Waals surface area contributed by atoms with Crippen molar-refractivity contribution < 1.29 is 22.4 Å². The molecule has 0 bridgehead atoms. The van der Waals surface area contributed by atoms with Gasteiger partial charge in [0, 0.05) is 18.9 Å². The first-order chi connectivity index (χ1) is 12.8. The SMILES string of the molecule is O=C(NCc1cccc(F)c1)c1cccn1-c1ncc(C(F)(F)F)cc1Cl. The monoisotopic (exact) mass is 397 g/mol. The molecule has 2 aromatic heterocycles. The third-order valence-corrected chi connectivity index (χ3v) is 3.98. The van der Waals surface area contributed by atoms with Gasteiger partial charge in [0.2, 0.25) is 0 Å². The zero-order valence-corrected chi connectivity index (χ0v) is 14.4. The summed E-state index contributed by atoms with van der Waals surface area (Å²) >= 11 is 5.94. The first kappa shape index (κ1) is 18.9. The minimum Gasteiger partial charge on any atom is -0.347 e. The van der Waals surface area contributed by atoms with E-state index in [0.717, 1.165) is 6.07 Å². The zero-order chi connectivity index (χ0) is 19.6. The zero-order valence-electron chi connectivity index (χ0n) is 13.6. The lowest BCUT2D eigenvalue weighted by Gasteiger charge is -2.12. The Morgan fingerprint density at radius 2 is 1.96 bits per heavy atom. The lowest BCUT2D eigenvalue weighted by atomic mass is 10.2. The first-order valence-electron chi connectivity index (χ1n) is 7.69. The van der Waals surface area contributed by atoms with Crippen LogP contribution in [0.25, 0.3) is 5.82 Å². The number of halogens is 5. The Morgan fingerprint density at radius 3 is 2.63 bits per heavy atom. The molecule has 0 aliphatic heterocycles. The van der Waals surface area contributed by atoms with Crippen LogP contribution in [0.1, 0.15) is 21.6 Å². The van der Waals surface area contributed by atoms with E-state index in [-0.39, 0.29) is 23.1 Å². The number of amides is 1. The highest BCUT2D eigenvalue weighted by atomic mass is 35.5. The molecule has 2 heterocycles. The molecular weight excluding hydrogens is 386 g/mol. The standard InChI is InChI=1S/C18H12ClF4N3O/c19-14-8-12(18(21,22)23)10-24-16(14)26-6-2-5-15(26)17(27)25-9-11-3-1-4-13(20)7-11/h1-8,10H,9H2,(H,25,27). The number of nitrogens with one attached hydrogen (secondary N) is 1. The Bertz CT molecular complexity index is 985. The van der Waals surface area contributed by atoms with Crippen LogP contribution in [-0.4, -0.2) is 15.5 Å². The number of hydrogen-bond acceptors (Lipinski definition) is 2. The maximum Gasteiger partial charge on any atom is 0.417 e. The summed E-state index contributed by atoms with van der Waals surface area (Å²) < 4.78 is 52.7. The van der Waals surface area contributed by atoms with Crippen molar-refractivity contribution in [1.82, 2.24) is 14.9 Å². The molecule has 0 aliphatic rings. The van der Waals surface area contributed by atoms with Gasteiger partial charge in [0.05, 0.1) is 10.6 Å². The average molecular weight is 398 g/mol. The highest BCUT2D eigenvalue weighted by Gasteiger charge is 2.32. The molecule has 0 spiro atoms. The third-order valence-electron chi connectivity index (χ3n) is 3.70. The van der Waals surface area contributed by atoms with Crippen LogP contribution in [0.2, 0.25) is 5.02 Å². The number of alkyl halides is 3. The number of hydrogen-bond donors (Lipinski definition) is 1. The van der Waals surface area contributed by atoms with Gasteiger partial charge in [-0.1, -0.05) is 23.7 Å². The highest BCUT2D eigenvalue weighted by Crippen LogP contribution is 2.32. The Balaban J connectivity index is 1.82. The number of benzene rings is 1. The Hall–Kier alpha value is -2.87. The smallest absolute Gasteiger partial charge is 0.347 e. The third kappa shape index (κ3) is 4.28. The fraction of sp³-hybridized carbons (Fsp3) is 0.111. The fourth-order valence-electron chi connectivity index (χ4n) is 2.43. The first-order valence-corrected chi connectivity index (χ1v) is 8.06. The van der Waals surface area contributed by atoms with E-state index in [1.807, 2.05) is 0 Å².